The molecule has 0 unspecified atom stereocenters. The van der Waals surface area contributed by atoms with Crippen molar-refractivity contribution in [2.45, 2.75) is 32.8 Å². The standard InChI is InChI=1S/C28H20Cl2F5N9O3/c1-14-8-16(29)10-19(24(45)37-12-15-4-2-5-18(9-15)47-27(31)32)22(14)38-25(46)21-11-17(13-43-41-26(39-42-43)28(33,34)35)40-44(21)23-20(30)6-3-7-36-23/h2-11,27H,12-13H2,1H3,(H,37,45)(H,38,46). The molecule has 5 rings (SSSR count). The Morgan fingerprint density at radius 1 is 1.02 bits per heavy atom. The van der Waals surface area contributed by atoms with E-state index in [1.54, 1.807) is 13.0 Å². The maximum Gasteiger partial charge on any atom is 0.455 e. The van der Waals surface area contributed by atoms with Crippen molar-refractivity contribution in [1.29, 1.82) is 0 Å². The van der Waals surface area contributed by atoms with Gasteiger partial charge in [-0.25, -0.2) is 9.67 Å². The Labute approximate surface area is 271 Å². The van der Waals surface area contributed by atoms with E-state index in [1.165, 1.54) is 54.7 Å². The second-order valence-electron chi connectivity index (χ2n) is 9.69. The molecule has 3 aromatic heterocycles. The number of rotatable bonds is 10. The van der Waals surface area contributed by atoms with Gasteiger partial charge < -0.3 is 15.4 Å². The molecule has 2 amide bonds. The number of carbonyl (C=O) groups is 2. The number of carbonyl (C=O) groups excluding carboxylic acids is 2. The Hall–Kier alpha value is -5.16. The summed E-state index contributed by atoms with van der Waals surface area (Å²) in [4.78, 5) is 31.9. The molecule has 5 aromatic rings. The van der Waals surface area contributed by atoms with Crippen molar-refractivity contribution in [2.24, 2.45) is 0 Å². The number of hydrogen-bond donors (Lipinski definition) is 2. The molecule has 2 aromatic carbocycles. The quantitative estimate of drug-likeness (QED) is 0.177. The zero-order valence-electron chi connectivity index (χ0n) is 23.8. The Bertz CT molecular complexity index is 1950. The van der Waals surface area contributed by atoms with Crippen LogP contribution in [-0.4, -0.2) is 53.4 Å². The summed E-state index contributed by atoms with van der Waals surface area (Å²) in [5.74, 6) is -2.99. The van der Waals surface area contributed by atoms with Gasteiger partial charge in [0.2, 0.25) is 0 Å². The minimum Gasteiger partial charge on any atom is -0.435 e. The molecule has 244 valence electrons. The first-order valence-corrected chi connectivity index (χ1v) is 14.0. The summed E-state index contributed by atoms with van der Waals surface area (Å²) in [5, 5.41) is 19.6. The van der Waals surface area contributed by atoms with Crippen LogP contribution in [0.15, 0.2) is 60.8 Å². The Morgan fingerprint density at radius 3 is 2.51 bits per heavy atom. The molecule has 0 saturated carbocycles. The summed E-state index contributed by atoms with van der Waals surface area (Å²) in [7, 11) is 0. The van der Waals surface area contributed by atoms with Crippen LogP contribution >= 0.6 is 23.2 Å². The average molecular weight is 696 g/mol. The van der Waals surface area contributed by atoms with Crippen molar-refractivity contribution in [3.05, 3.63) is 105 Å². The molecule has 19 heteroatoms. The predicted molar refractivity (Wildman–Crippen MR) is 157 cm³/mol. The van der Waals surface area contributed by atoms with Crippen molar-refractivity contribution in [1.82, 2.24) is 40.3 Å². The van der Waals surface area contributed by atoms with Gasteiger partial charge in [0.15, 0.2) is 5.82 Å². The van der Waals surface area contributed by atoms with Gasteiger partial charge in [0.05, 0.1) is 22.0 Å². The molecular weight excluding hydrogens is 676 g/mol. The number of aromatic nitrogens is 7. The summed E-state index contributed by atoms with van der Waals surface area (Å²) < 4.78 is 69.7. The number of halogens is 7. The van der Waals surface area contributed by atoms with Crippen LogP contribution in [0.1, 0.15) is 43.5 Å². The van der Waals surface area contributed by atoms with Gasteiger partial charge >= 0.3 is 12.8 Å². The highest BCUT2D eigenvalue weighted by Crippen LogP contribution is 2.28. The molecule has 0 aliphatic heterocycles. The zero-order chi connectivity index (χ0) is 33.9. The molecule has 0 bridgehead atoms. The van der Waals surface area contributed by atoms with Crippen LogP contribution in [0.25, 0.3) is 5.82 Å². The lowest BCUT2D eigenvalue weighted by Crippen LogP contribution is -2.26. The molecule has 0 spiro atoms. The van der Waals surface area contributed by atoms with Crippen LogP contribution in [0.4, 0.5) is 27.6 Å². The van der Waals surface area contributed by atoms with E-state index in [0.29, 0.717) is 15.9 Å². The van der Waals surface area contributed by atoms with Crippen LogP contribution in [0.3, 0.4) is 0 Å². The minimum atomic E-state index is -4.82. The van der Waals surface area contributed by atoms with Crippen LogP contribution in [0.2, 0.25) is 10.0 Å². The lowest BCUT2D eigenvalue weighted by molar-refractivity contribution is -0.145. The number of aryl methyl sites for hydroxylation is 1. The largest absolute Gasteiger partial charge is 0.455 e. The fraction of sp³-hybridized carbons (Fsp3) is 0.179. The molecule has 0 fully saturated rings. The third-order valence-corrected chi connectivity index (χ3v) is 6.82. The fourth-order valence-electron chi connectivity index (χ4n) is 4.31. The third kappa shape index (κ3) is 7.98. The molecule has 0 aliphatic rings. The number of benzene rings is 2. The van der Waals surface area contributed by atoms with Crippen molar-refractivity contribution in [2.75, 3.05) is 5.32 Å². The van der Waals surface area contributed by atoms with Crippen LogP contribution in [0, 0.1) is 6.92 Å². The van der Waals surface area contributed by atoms with E-state index < -0.39 is 37.0 Å². The smallest absolute Gasteiger partial charge is 0.435 e. The number of anilines is 1. The number of ether oxygens (including phenoxy) is 1. The Morgan fingerprint density at radius 2 is 1.81 bits per heavy atom. The summed E-state index contributed by atoms with van der Waals surface area (Å²) in [5.41, 5.74) is 0.781. The average Bonchev–Trinajstić information content (AvgIpc) is 3.65. The maximum absolute atomic E-state index is 13.8. The van der Waals surface area contributed by atoms with E-state index in [0.717, 1.165) is 4.68 Å². The van der Waals surface area contributed by atoms with Crippen LogP contribution < -0.4 is 15.4 Å². The molecule has 0 saturated heterocycles. The number of nitrogens with zero attached hydrogens (tertiary/aromatic N) is 7. The van der Waals surface area contributed by atoms with Gasteiger partial charge in [-0.1, -0.05) is 35.3 Å². The molecular formula is C28H20Cl2F5N9O3. The van der Waals surface area contributed by atoms with Gasteiger partial charge in [0, 0.05) is 17.8 Å². The van der Waals surface area contributed by atoms with E-state index in [-0.39, 0.29) is 50.8 Å². The molecule has 2 N–H and O–H groups in total. The Balaban J connectivity index is 1.44. The lowest BCUT2D eigenvalue weighted by atomic mass is 10.1. The molecule has 0 radical (unpaired) electrons. The topological polar surface area (TPSA) is 142 Å². The van der Waals surface area contributed by atoms with Gasteiger partial charge in [0.1, 0.15) is 18.0 Å². The van der Waals surface area contributed by atoms with Crippen LogP contribution in [0.5, 0.6) is 5.75 Å². The van der Waals surface area contributed by atoms with Gasteiger partial charge in [-0.15, -0.1) is 10.2 Å². The van der Waals surface area contributed by atoms with Crippen molar-refractivity contribution < 1.29 is 36.3 Å². The number of amides is 2. The van der Waals surface area contributed by atoms with Crippen molar-refractivity contribution >= 4 is 40.7 Å². The number of pyridine rings is 1. The lowest BCUT2D eigenvalue weighted by Gasteiger charge is -2.16. The maximum atomic E-state index is 13.8. The summed E-state index contributed by atoms with van der Waals surface area (Å²) >= 11 is 12.5. The zero-order valence-corrected chi connectivity index (χ0v) is 25.3. The van der Waals surface area contributed by atoms with Gasteiger partial charge in [-0.05, 0) is 65.7 Å². The third-order valence-electron chi connectivity index (χ3n) is 6.30. The molecule has 47 heavy (non-hydrogen) atoms. The molecule has 0 aliphatic carbocycles. The Kier molecular flexibility index (Phi) is 9.67. The summed E-state index contributed by atoms with van der Waals surface area (Å²) in [6.07, 6.45) is -3.43. The predicted octanol–water partition coefficient (Wildman–Crippen LogP) is 5.72. The highest BCUT2D eigenvalue weighted by molar-refractivity contribution is 6.32. The highest BCUT2D eigenvalue weighted by Gasteiger charge is 2.37. The molecule has 0 atom stereocenters. The first-order chi connectivity index (χ1) is 22.3. The van der Waals surface area contributed by atoms with E-state index in [1.807, 2.05) is 0 Å². The van der Waals surface area contributed by atoms with Gasteiger partial charge in [-0.2, -0.15) is 31.8 Å². The minimum absolute atomic E-state index is 0.0249. The normalized spacial score (nSPS) is 11.5. The van der Waals surface area contributed by atoms with Crippen molar-refractivity contribution in [3.8, 4) is 11.6 Å². The van der Waals surface area contributed by atoms with Crippen LogP contribution in [-0.2, 0) is 19.3 Å². The molecule has 3 heterocycles. The van der Waals surface area contributed by atoms with E-state index in [2.05, 4.69) is 40.9 Å². The van der Waals surface area contributed by atoms with Crippen molar-refractivity contribution in [3.63, 3.8) is 0 Å². The number of nitrogens with one attached hydrogen (secondary N) is 2. The second kappa shape index (κ2) is 13.7. The fourth-order valence-corrected chi connectivity index (χ4v) is 4.78. The van der Waals surface area contributed by atoms with E-state index in [4.69, 9.17) is 23.2 Å². The van der Waals surface area contributed by atoms with Gasteiger partial charge in [-0.3, -0.25) is 9.59 Å². The first-order valence-electron chi connectivity index (χ1n) is 13.3. The number of alkyl halides is 5. The first kappa shape index (κ1) is 33.2. The number of tetrazole rings is 1. The van der Waals surface area contributed by atoms with E-state index >= 15 is 0 Å². The monoisotopic (exact) mass is 695 g/mol. The summed E-state index contributed by atoms with van der Waals surface area (Å²) in [6, 6.07) is 12.9. The second-order valence-corrected chi connectivity index (χ2v) is 10.5. The van der Waals surface area contributed by atoms with E-state index in [9.17, 15) is 31.5 Å². The highest BCUT2D eigenvalue weighted by atomic mass is 35.5. The summed E-state index contributed by atoms with van der Waals surface area (Å²) in [6.45, 7) is -1.92. The number of hydrogen-bond acceptors (Lipinski definition) is 8. The van der Waals surface area contributed by atoms with Gasteiger partial charge in [0.25, 0.3) is 17.6 Å². The SMILES string of the molecule is Cc1cc(Cl)cc(C(=O)NCc2cccc(OC(F)F)c2)c1NC(=O)c1cc(Cn2nnc(C(F)(F)F)n2)nn1-c1ncccc1Cl. The molecule has 12 nitrogen and oxygen atoms in total.